The third kappa shape index (κ3) is 3.78. The highest BCUT2D eigenvalue weighted by Gasteiger charge is 2.13. The fourth-order valence-corrected chi connectivity index (χ4v) is 2.71. The van der Waals surface area contributed by atoms with Gasteiger partial charge in [0.2, 0.25) is 0 Å². The molecular formula is C15H16FN3OS. The van der Waals surface area contributed by atoms with Gasteiger partial charge >= 0.3 is 0 Å². The van der Waals surface area contributed by atoms with Crippen molar-refractivity contribution < 1.29 is 9.18 Å². The Bertz CT molecular complexity index is 637. The number of carbonyl (C=O) groups excluding carboxylic acids is 1. The zero-order valence-corrected chi connectivity index (χ0v) is 12.6. The van der Waals surface area contributed by atoms with Crippen molar-refractivity contribution in [2.75, 3.05) is 5.75 Å². The zero-order chi connectivity index (χ0) is 15.2. The molecule has 0 aliphatic rings. The highest BCUT2D eigenvalue weighted by atomic mass is 32.2. The molecule has 2 aromatic rings. The normalized spacial score (nSPS) is 10.6. The number of carbonyl (C=O) groups is 1. The molecule has 4 nitrogen and oxygen atoms in total. The van der Waals surface area contributed by atoms with Gasteiger partial charge in [0.25, 0.3) is 0 Å². The molecule has 6 heteroatoms. The van der Waals surface area contributed by atoms with E-state index in [1.165, 1.54) is 36.0 Å². The van der Waals surface area contributed by atoms with Gasteiger partial charge in [-0.2, -0.15) is 0 Å². The molecule has 0 spiro atoms. The molecule has 0 bridgehead atoms. The fraction of sp³-hybridized carbons (Fsp3) is 0.267. The van der Waals surface area contributed by atoms with E-state index in [0.29, 0.717) is 17.3 Å². The van der Waals surface area contributed by atoms with Crippen LogP contribution >= 0.6 is 11.8 Å². The maximum Gasteiger partial charge on any atom is 0.191 e. The van der Waals surface area contributed by atoms with Crippen molar-refractivity contribution in [2.45, 2.75) is 25.0 Å². The molecule has 1 aromatic carbocycles. The molecule has 2 rings (SSSR count). The smallest absolute Gasteiger partial charge is 0.191 e. The van der Waals surface area contributed by atoms with Crippen LogP contribution in [-0.2, 0) is 13.0 Å². The Labute approximate surface area is 127 Å². The average molecular weight is 305 g/mol. The van der Waals surface area contributed by atoms with Crippen LogP contribution in [0.15, 0.2) is 42.1 Å². The third-order valence-electron chi connectivity index (χ3n) is 2.92. The summed E-state index contributed by atoms with van der Waals surface area (Å²) in [5, 5.41) is 8.90. The molecule has 0 radical (unpaired) electrons. The van der Waals surface area contributed by atoms with E-state index in [4.69, 9.17) is 0 Å². The molecule has 0 unspecified atom stereocenters. The number of nitrogens with zero attached hydrogens (tertiary/aromatic N) is 3. The highest BCUT2D eigenvalue weighted by molar-refractivity contribution is 7.99. The van der Waals surface area contributed by atoms with Gasteiger partial charge in [0.05, 0.1) is 5.75 Å². The molecule has 0 atom stereocenters. The summed E-state index contributed by atoms with van der Waals surface area (Å²) in [6.45, 7) is 6.33. The lowest BCUT2D eigenvalue weighted by atomic mass is 10.1. The number of aryl methyl sites for hydroxylation is 1. The first-order valence-electron chi connectivity index (χ1n) is 6.60. The van der Waals surface area contributed by atoms with E-state index in [1.807, 2.05) is 11.5 Å². The van der Waals surface area contributed by atoms with Gasteiger partial charge in [0, 0.05) is 18.5 Å². The number of thioether (sulfide) groups is 1. The number of halogens is 1. The standard InChI is InChI=1S/C15H16FN3OS/c1-3-9-19-14(4-2)17-18-15(19)21-10-13(20)11-5-7-12(16)8-6-11/h3,5-8H,1,4,9-10H2,2H3. The topological polar surface area (TPSA) is 47.8 Å². The van der Waals surface area contributed by atoms with E-state index in [1.54, 1.807) is 6.08 Å². The van der Waals surface area contributed by atoms with Gasteiger partial charge in [-0.15, -0.1) is 16.8 Å². The van der Waals surface area contributed by atoms with Gasteiger partial charge < -0.3 is 4.57 Å². The van der Waals surface area contributed by atoms with Crippen molar-refractivity contribution in [2.24, 2.45) is 0 Å². The fourth-order valence-electron chi connectivity index (χ4n) is 1.85. The number of Topliss-reactive ketones (excluding diaryl/α,β-unsaturated/α-hetero) is 1. The number of hydrogen-bond donors (Lipinski definition) is 0. The van der Waals surface area contributed by atoms with Crippen molar-refractivity contribution in [3.05, 3.63) is 54.1 Å². The van der Waals surface area contributed by atoms with Crippen molar-refractivity contribution in [3.63, 3.8) is 0 Å². The highest BCUT2D eigenvalue weighted by Crippen LogP contribution is 2.19. The molecule has 0 fully saturated rings. The Kier molecular flexibility index (Phi) is 5.27. The van der Waals surface area contributed by atoms with Gasteiger partial charge in [-0.05, 0) is 24.3 Å². The van der Waals surface area contributed by atoms with Crippen LogP contribution < -0.4 is 0 Å². The lowest BCUT2D eigenvalue weighted by Crippen LogP contribution is -2.06. The number of hydrogen-bond acceptors (Lipinski definition) is 4. The second kappa shape index (κ2) is 7.17. The minimum atomic E-state index is -0.350. The van der Waals surface area contributed by atoms with Crippen LogP contribution in [0.2, 0.25) is 0 Å². The van der Waals surface area contributed by atoms with Gasteiger partial charge in [-0.1, -0.05) is 24.8 Å². The summed E-state index contributed by atoms with van der Waals surface area (Å²) in [5.41, 5.74) is 0.495. The molecule has 0 saturated heterocycles. The third-order valence-corrected chi connectivity index (χ3v) is 3.89. The number of rotatable bonds is 7. The van der Waals surface area contributed by atoms with Crippen LogP contribution in [-0.4, -0.2) is 26.3 Å². The van der Waals surface area contributed by atoms with Crippen LogP contribution in [0, 0.1) is 5.82 Å². The lowest BCUT2D eigenvalue weighted by Gasteiger charge is -2.06. The molecule has 1 aromatic heterocycles. The van der Waals surface area contributed by atoms with Crippen LogP contribution in [0.1, 0.15) is 23.1 Å². The second-order valence-corrected chi connectivity index (χ2v) is 5.31. The lowest BCUT2D eigenvalue weighted by molar-refractivity contribution is 0.102. The van der Waals surface area contributed by atoms with Crippen LogP contribution in [0.3, 0.4) is 0 Å². The SMILES string of the molecule is C=CCn1c(CC)nnc1SCC(=O)c1ccc(F)cc1. The number of benzene rings is 1. The maximum absolute atomic E-state index is 12.8. The number of ketones is 1. The minimum absolute atomic E-state index is 0.0637. The zero-order valence-electron chi connectivity index (χ0n) is 11.8. The van der Waals surface area contributed by atoms with E-state index in [9.17, 15) is 9.18 Å². The van der Waals surface area contributed by atoms with E-state index in [-0.39, 0.29) is 17.4 Å². The maximum atomic E-state index is 12.8. The summed E-state index contributed by atoms with van der Waals surface area (Å²) >= 11 is 1.33. The molecule has 1 heterocycles. The van der Waals surface area contributed by atoms with E-state index in [0.717, 1.165) is 12.2 Å². The first-order valence-corrected chi connectivity index (χ1v) is 7.58. The molecule has 0 N–H and O–H groups in total. The average Bonchev–Trinajstić information content (AvgIpc) is 2.88. The van der Waals surface area contributed by atoms with Crippen molar-refractivity contribution in [1.82, 2.24) is 14.8 Å². The predicted molar refractivity (Wildman–Crippen MR) is 81.1 cm³/mol. The van der Waals surface area contributed by atoms with Gasteiger partial charge in [-0.3, -0.25) is 4.79 Å². The molecule has 110 valence electrons. The van der Waals surface area contributed by atoms with E-state index in [2.05, 4.69) is 16.8 Å². The summed E-state index contributed by atoms with van der Waals surface area (Å²) in [7, 11) is 0. The second-order valence-electron chi connectivity index (χ2n) is 4.37. The summed E-state index contributed by atoms with van der Waals surface area (Å²) in [5.74, 6) is 0.695. The quantitative estimate of drug-likeness (QED) is 0.448. The molecular weight excluding hydrogens is 289 g/mol. The number of allylic oxidation sites excluding steroid dienone is 1. The van der Waals surface area contributed by atoms with E-state index >= 15 is 0 Å². The predicted octanol–water partition coefficient (Wildman–Crippen LogP) is 3.14. The Morgan fingerprint density at radius 1 is 1.38 bits per heavy atom. The van der Waals surface area contributed by atoms with Crippen LogP contribution in [0.25, 0.3) is 0 Å². The Morgan fingerprint density at radius 3 is 2.71 bits per heavy atom. The number of aromatic nitrogens is 3. The Morgan fingerprint density at radius 2 is 2.10 bits per heavy atom. The van der Waals surface area contributed by atoms with E-state index < -0.39 is 0 Å². The monoisotopic (exact) mass is 305 g/mol. The van der Waals surface area contributed by atoms with Gasteiger partial charge in [-0.25, -0.2) is 4.39 Å². The van der Waals surface area contributed by atoms with Crippen molar-refractivity contribution >= 4 is 17.5 Å². The van der Waals surface area contributed by atoms with Crippen molar-refractivity contribution in [3.8, 4) is 0 Å². The Balaban J connectivity index is 2.05. The molecule has 21 heavy (non-hydrogen) atoms. The summed E-state index contributed by atoms with van der Waals surface area (Å²) in [6.07, 6.45) is 2.54. The van der Waals surface area contributed by atoms with Gasteiger partial charge in [0.15, 0.2) is 10.9 Å². The summed E-state index contributed by atoms with van der Waals surface area (Å²) in [6, 6.07) is 5.55. The van der Waals surface area contributed by atoms with Crippen LogP contribution in [0.5, 0.6) is 0 Å². The Hall–Kier alpha value is -1.95. The first-order chi connectivity index (χ1) is 10.2. The minimum Gasteiger partial charge on any atom is -0.302 e. The summed E-state index contributed by atoms with van der Waals surface area (Å²) < 4.78 is 14.8. The van der Waals surface area contributed by atoms with Gasteiger partial charge in [0.1, 0.15) is 11.6 Å². The molecule has 0 aliphatic heterocycles. The van der Waals surface area contributed by atoms with Crippen LogP contribution in [0.4, 0.5) is 4.39 Å². The van der Waals surface area contributed by atoms with Crippen molar-refractivity contribution in [1.29, 1.82) is 0 Å². The first kappa shape index (κ1) is 15.4. The summed E-state index contributed by atoms with van der Waals surface area (Å²) in [4.78, 5) is 12.1. The molecule has 0 aliphatic carbocycles. The molecule has 0 amide bonds. The largest absolute Gasteiger partial charge is 0.302 e. The molecule has 0 saturated carbocycles.